The first kappa shape index (κ1) is 52.2. The molecule has 10 atom stereocenters. The summed E-state index contributed by atoms with van der Waals surface area (Å²) in [7, 11) is 5.01. The fraction of sp³-hybridized carbons (Fsp3) is 0.780. The molecule has 3 saturated heterocycles. The van der Waals surface area contributed by atoms with Crippen LogP contribution in [0, 0.1) is 35.5 Å². The van der Waals surface area contributed by atoms with Crippen molar-refractivity contribution in [3.63, 3.8) is 0 Å². The van der Waals surface area contributed by atoms with Gasteiger partial charge in [-0.05, 0) is 62.1 Å². The van der Waals surface area contributed by atoms with E-state index in [1.807, 2.05) is 70.0 Å². The second kappa shape index (κ2) is 25.3. The first-order chi connectivity index (χ1) is 30.1. The predicted octanol–water partition coefficient (Wildman–Crippen LogP) is 7.03. The molecule has 356 valence electrons. The van der Waals surface area contributed by atoms with Gasteiger partial charge >= 0.3 is 6.09 Å². The van der Waals surface area contributed by atoms with E-state index in [-0.39, 0.29) is 84.5 Å². The lowest BCUT2D eigenvalue weighted by atomic mass is 9.83. The summed E-state index contributed by atoms with van der Waals surface area (Å²) >= 11 is 0. The van der Waals surface area contributed by atoms with Crippen LogP contribution < -0.4 is 5.32 Å². The van der Waals surface area contributed by atoms with E-state index >= 15 is 0 Å². The van der Waals surface area contributed by atoms with Crippen LogP contribution in [0.25, 0.3) is 0 Å². The van der Waals surface area contributed by atoms with Crippen molar-refractivity contribution >= 4 is 29.5 Å². The Bertz CT molecular complexity index is 1600. The molecule has 0 bridgehead atoms. The number of rotatable bonds is 23. The third kappa shape index (κ3) is 13.8. The van der Waals surface area contributed by atoms with Crippen molar-refractivity contribution in [3.8, 4) is 0 Å². The van der Waals surface area contributed by atoms with Crippen LogP contribution in [0.15, 0.2) is 30.3 Å². The highest BCUT2D eigenvalue weighted by molar-refractivity contribution is 5.90. The standard InChI is InChI=1S/C50H83N5O8/c1-12-35(6)46(52(9)49(59)39(33(2)3)31-42(57)45(34(4)5)53-25-17-14-18-26-53)43(61-10)32-44(58)55-27-19-22-40(55)48(62-11)37(8)41(56)30-36(7)47(38-20-15-13-16-21-38)63-50(60)54-28-23-51-24-29-54/h13,15-16,20-21,33-37,39-40,43,45-48,51H,12,14,17-19,22-32H2,1-11H3/t35-,36-,37-,39-,40-,43?,45-,46-,47+,48+/m0/s1. The molecule has 3 amide bonds. The molecule has 3 aliphatic rings. The third-order valence-corrected chi connectivity index (χ3v) is 14.4. The number of likely N-dealkylation sites (tertiary alicyclic amines) is 2. The SMILES string of the molecule is CC[C@H](C)[C@@H](C(CC(=O)N1CCC[C@H]1[C@H](OC)[C@@H](C)C(=O)C[C@H](C)[C@@H](OC(=O)N1CCNCC1)c1ccccc1)OC)N(C)C(=O)[C@@H](CC(=O)[C@H](C(C)C)N1CCCCC1)C(C)C. The Kier molecular flexibility index (Phi) is 21.0. The number of piperazine rings is 1. The summed E-state index contributed by atoms with van der Waals surface area (Å²) in [5.41, 5.74) is 0.835. The van der Waals surface area contributed by atoms with Gasteiger partial charge in [0.25, 0.3) is 0 Å². The van der Waals surface area contributed by atoms with Crippen molar-refractivity contribution in [2.45, 2.75) is 150 Å². The molecule has 0 aromatic heterocycles. The number of likely N-dealkylation sites (N-methyl/N-ethyl adjacent to an activating group) is 1. The fourth-order valence-electron chi connectivity index (χ4n) is 10.5. The number of Topliss-reactive ketones (excluding diaryl/α,β-unsaturated/α-hetero) is 2. The van der Waals surface area contributed by atoms with E-state index in [0.717, 1.165) is 44.3 Å². The molecule has 1 N–H and O–H groups in total. The molecule has 1 aromatic rings. The van der Waals surface area contributed by atoms with E-state index in [1.165, 1.54) is 6.42 Å². The van der Waals surface area contributed by atoms with Crippen LogP contribution in [-0.2, 0) is 33.4 Å². The summed E-state index contributed by atoms with van der Waals surface area (Å²) in [4.78, 5) is 78.2. The molecule has 0 spiro atoms. The summed E-state index contributed by atoms with van der Waals surface area (Å²) in [6.07, 6.45) is 3.86. The number of amides is 3. The van der Waals surface area contributed by atoms with Gasteiger partial charge in [-0.1, -0.05) is 98.6 Å². The Morgan fingerprint density at radius 3 is 1.98 bits per heavy atom. The van der Waals surface area contributed by atoms with Crippen molar-refractivity contribution in [2.24, 2.45) is 35.5 Å². The Morgan fingerprint density at radius 2 is 1.41 bits per heavy atom. The first-order valence-corrected chi connectivity index (χ1v) is 24.2. The van der Waals surface area contributed by atoms with E-state index in [4.69, 9.17) is 14.2 Å². The number of carbonyl (C=O) groups is 5. The summed E-state index contributed by atoms with van der Waals surface area (Å²) in [5.74, 6) is -1.33. The maximum Gasteiger partial charge on any atom is 0.410 e. The van der Waals surface area contributed by atoms with Crippen molar-refractivity contribution in [1.82, 2.24) is 24.9 Å². The van der Waals surface area contributed by atoms with Gasteiger partial charge in [-0.2, -0.15) is 0 Å². The van der Waals surface area contributed by atoms with Crippen LogP contribution in [0.4, 0.5) is 4.79 Å². The molecule has 0 saturated carbocycles. The Labute approximate surface area is 379 Å². The minimum absolute atomic E-state index is 0.00792. The highest BCUT2D eigenvalue weighted by Gasteiger charge is 2.44. The third-order valence-electron chi connectivity index (χ3n) is 14.4. The Morgan fingerprint density at radius 1 is 0.762 bits per heavy atom. The lowest BCUT2D eigenvalue weighted by molar-refractivity contribution is -0.149. The lowest BCUT2D eigenvalue weighted by Crippen LogP contribution is -2.54. The molecule has 0 radical (unpaired) electrons. The van der Waals surface area contributed by atoms with Crippen molar-refractivity contribution in [1.29, 1.82) is 0 Å². The number of piperidine rings is 1. The van der Waals surface area contributed by atoms with Gasteiger partial charge in [0.05, 0.1) is 36.8 Å². The number of nitrogens with zero attached hydrogens (tertiary/aromatic N) is 4. The fourth-order valence-corrected chi connectivity index (χ4v) is 10.5. The summed E-state index contributed by atoms with van der Waals surface area (Å²) in [5, 5.41) is 3.26. The minimum atomic E-state index is -0.613. The van der Waals surface area contributed by atoms with Gasteiger partial charge in [0, 0.05) is 84.6 Å². The molecule has 13 heteroatoms. The number of methoxy groups -OCH3 is 2. The molecule has 13 nitrogen and oxygen atoms in total. The monoisotopic (exact) mass is 882 g/mol. The largest absolute Gasteiger partial charge is 0.441 e. The maximum absolute atomic E-state index is 14.6. The summed E-state index contributed by atoms with van der Waals surface area (Å²) < 4.78 is 18.4. The van der Waals surface area contributed by atoms with E-state index in [2.05, 4.69) is 37.9 Å². The predicted molar refractivity (Wildman–Crippen MR) is 247 cm³/mol. The molecule has 4 rings (SSSR count). The van der Waals surface area contributed by atoms with Crippen LogP contribution in [-0.4, -0.2) is 146 Å². The van der Waals surface area contributed by atoms with Gasteiger partial charge in [-0.25, -0.2) is 4.79 Å². The van der Waals surface area contributed by atoms with Crippen LogP contribution in [0.5, 0.6) is 0 Å². The smallest absolute Gasteiger partial charge is 0.410 e. The lowest BCUT2D eigenvalue weighted by Gasteiger charge is -2.41. The van der Waals surface area contributed by atoms with E-state index in [0.29, 0.717) is 39.1 Å². The normalized spacial score (nSPS) is 21.8. The highest BCUT2D eigenvalue weighted by atomic mass is 16.6. The molecular formula is C50H83N5O8. The molecule has 1 aromatic carbocycles. The Hall–Kier alpha value is -3.39. The topological polar surface area (TPSA) is 138 Å². The van der Waals surface area contributed by atoms with Gasteiger partial charge in [-0.15, -0.1) is 0 Å². The molecule has 1 unspecified atom stereocenters. The van der Waals surface area contributed by atoms with Gasteiger partial charge in [-0.3, -0.25) is 24.1 Å². The molecule has 63 heavy (non-hydrogen) atoms. The highest BCUT2D eigenvalue weighted by Crippen LogP contribution is 2.34. The number of carbonyl (C=O) groups excluding carboxylic acids is 5. The molecule has 3 heterocycles. The molecule has 3 fully saturated rings. The number of hydrogen-bond donors (Lipinski definition) is 1. The van der Waals surface area contributed by atoms with E-state index in [9.17, 15) is 24.0 Å². The maximum atomic E-state index is 14.6. The molecule has 0 aliphatic carbocycles. The average Bonchev–Trinajstić information content (AvgIpc) is 3.77. The zero-order valence-electron chi connectivity index (χ0n) is 40.7. The van der Waals surface area contributed by atoms with Gasteiger partial charge < -0.3 is 34.2 Å². The summed E-state index contributed by atoms with van der Waals surface area (Å²) in [6, 6.07) is 8.65. The molecule has 3 aliphatic heterocycles. The van der Waals surface area contributed by atoms with Crippen LogP contribution in [0.1, 0.15) is 125 Å². The van der Waals surface area contributed by atoms with E-state index in [1.54, 1.807) is 24.0 Å². The van der Waals surface area contributed by atoms with Gasteiger partial charge in [0.15, 0.2) is 5.78 Å². The average molecular weight is 882 g/mol. The van der Waals surface area contributed by atoms with Gasteiger partial charge in [0.2, 0.25) is 11.8 Å². The number of benzene rings is 1. The summed E-state index contributed by atoms with van der Waals surface area (Å²) in [6.45, 7) is 21.1. The zero-order valence-corrected chi connectivity index (χ0v) is 40.7. The van der Waals surface area contributed by atoms with E-state index < -0.39 is 36.2 Å². The van der Waals surface area contributed by atoms with Crippen molar-refractivity contribution < 1.29 is 38.2 Å². The first-order valence-electron chi connectivity index (χ1n) is 24.2. The zero-order chi connectivity index (χ0) is 46.4. The minimum Gasteiger partial charge on any atom is -0.441 e. The quantitative estimate of drug-likeness (QED) is 0.122. The van der Waals surface area contributed by atoms with Gasteiger partial charge in [0.1, 0.15) is 11.9 Å². The number of ether oxygens (including phenoxy) is 3. The van der Waals surface area contributed by atoms with Crippen LogP contribution in [0.3, 0.4) is 0 Å². The van der Waals surface area contributed by atoms with Crippen molar-refractivity contribution in [2.75, 3.05) is 67.1 Å². The second-order valence-corrected chi connectivity index (χ2v) is 19.5. The number of hydrogen-bond acceptors (Lipinski definition) is 10. The molecular weight excluding hydrogens is 799 g/mol. The van der Waals surface area contributed by atoms with Crippen molar-refractivity contribution in [3.05, 3.63) is 35.9 Å². The Balaban J connectivity index is 1.47. The van der Waals surface area contributed by atoms with Crippen LogP contribution >= 0.6 is 0 Å². The van der Waals surface area contributed by atoms with Crippen LogP contribution in [0.2, 0.25) is 0 Å². The second-order valence-electron chi connectivity index (χ2n) is 19.5. The number of nitrogens with one attached hydrogen (secondary N) is 1. The number of ketones is 2.